The zero-order valence-electron chi connectivity index (χ0n) is 17.4. The molecule has 2 atom stereocenters. The lowest BCUT2D eigenvalue weighted by atomic mass is 10.1. The lowest BCUT2D eigenvalue weighted by Gasteiger charge is -2.50. The van der Waals surface area contributed by atoms with Crippen molar-refractivity contribution in [3.05, 3.63) is 11.3 Å². The standard InChI is InChI=1S/C16H36O5Si4/c1-14(15(17)19-13-22(18)21-23(4,5)6)12-25(9)11-10-16(2,3)20-24(25,7)8/h12,18,22H,10-11,13H2,1-9H3. The molecule has 25 heavy (non-hydrogen) atoms. The quantitative estimate of drug-likeness (QED) is 0.406. The summed E-state index contributed by atoms with van der Waals surface area (Å²) in [6, 6.07) is 1.14. The fraction of sp³-hybridized carbons (Fsp3) is 0.812. The monoisotopic (exact) mass is 420 g/mol. The minimum atomic E-state index is -2.44. The summed E-state index contributed by atoms with van der Waals surface area (Å²) >= 11 is 0. The van der Waals surface area contributed by atoms with Crippen LogP contribution in [0.1, 0.15) is 27.2 Å². The number of esters is 1. The van der Waals surface area contributed by atoms with E-state index in [1.807, 2.05) is 26.6 Å². The number of rotatable bonds is 6. The molecule has 1 aliphatic heterocycles. The maximum absolute atomic E-state index is 12.3. The normalized spacial score (nSPS) is 27.7. The zero-order valence-corrected chi connectivity index (χ0v) is 21.5. The van der Waals surface area contributed by atoms with Crippen LogP contribution in [0.5, 0.6) is 0 Å². The maximum Gasteiger partial charge on any atom is 0.347 e. The highest BCUT2D eigenvalue weighted by atomic mass is 29.3. The molecule has 146 valence electrons. The van der Waals surface area contributed by atoms with Crippen molar-refractivity contribution in [1.29, 1.82) is 0 Å². The average Bonchev–Trinajstić information content (AvgIpc) is 2.38. The van der Waals surface area contributed by atoms with E-state index in [4.69, 9.17) is 13.3 Å². The molecule has 0 saturated carbocycles. The molecule has 1 heterocycles. The van der Waals surface area contributed by atoms with E-state index in [1.54, 1.807) is 0 Å². The van der Waals surface area contributed by atoms with Crippen molar-refractivity contribution >= 4 is 39.0 Å². The molecule has 1 rings (SSSR count). The van der Waals surface area contributed by atoms with E-state index in [-0.39, 0.29) is 17.8 Å². The Balaban J connectivity index is 2.74. The van der Waals surface area contributed by atoms with Crippen LogP contribution in [-0.4, -0.2) is 55.6 Å². The molecule has 0 aliphatic carbocycles. The van der Waals surface area contributed by atoms with Gasteiger partial charge in [-0.25, -0.2) is 4.79 Å². The second kappa shape index (κ2) is 7.91. The summed E-state index contributed by atoms with van der Waals surface area (Å²) in [5.41, 5.74) is 2.76. The molecule has 0 spiro atoms. The third-order valence-corrected chi connectivity index (χ3v) is 25.1. The summed E-state index contributed by atoms with van der Waals surface area (Å²) in [4.78, 5) is 22.3. The summed E-state index contributed by atoms with van der Waals surface area (Å²) in [6.45, 7) is 19.0. The Kier molecular flexibility index (Phi) is 7.28. The van der Waals surface area contributed by atoms with Gasteiger partial charge in [0.25, 0.3) is 0 Å². The van der Waals surface area contributed by atoms with Crippen molar-refractivity contribution in [3.8, 4) is 0 Å². The van der Waals surface area contributed by atoms with Gasteiger partial charge in [-0.3, -0.25) is 0 Å². The van der Waals surface area contributed by atoms with Crippen LogP contribution in [0.2, 0.25) is 45.3 Å². The van der Waals surface area contributed by atoms with Gasteiger partial charge in [0.2, 0.25) is 0 Å². The molecule has 1 aliphatic rings. The summed E-state index contributed by atoms with van der Waals surface area (Å²) in [5, 5.41) is 0. The van der Waals surface area contributed by atoms with Crippen molar-refractivity contribution in [2.45, 2.75) is 78.1 Å². The highest BCUT2D eigenvalue weighted by molar-refractivity contribution is 7.41. The van der Waals surface area contributed by atoms with Gasteiger partial charge in [-0.1, -0.05) is 18.3 Å². The largest absolute Gasteiger partial charge is 0.461 e. The first-order valence-electron chi connectivity index (χ1n) is 9.00. The Morgan fingerprint density at radius 2 is 1.88 bits per heavy atom. The van der Waals surface area contributed by atoms with Gasteiger partial charge in [-0.2, -0.15) is 0 Å². The molecule has 1 saturated heterocycles. The van der Waals surface area contributed by atoms with Gasteiger partial charge in [-0.15, -0.1) is 0 Å². The molecule has 5 nitrogen and oxygen atoms in total. The number of hydrogen-bond acceptors (Lipinski definition) is 5. The van der Waals surface area contributed by atoms with Gasteiger partial charge >= 0.3 is 15.3 Å². The Hall–Kier alpha value is -0.0425. The Bertz CT molecular complexity index is 527. The smallest absolute Gasteiger partial charge is 0.347 e. The van der Waals surface area contributed by atoms with Gasteiger partial charge in [0.1, 0.15) is 6.23 Å². The van der Waals surface area contributed by atoms with E-state index in [9.17, 15) is 9.59 Å². The van der Waals surface area contributed by atoms with Crippen LogP contribution in [0, 0.1) is 0 Å². The van der Waals surface area contributed by atoms with E-state index < -0.39 is 33.0 Å². The first kappa shape index (κ1) is 23.0. The molecular weight excluding hydrogens is 385 g/mol. The second-order valence-electron chi connectivity index (χ2n) is 9.40. The van der Waals surface area contributed by atoms with Crippen LogP contribution in [0.4, 0.5) is 0 Å². The van der Waals surface area contributed by atoms with Gasteiger partial charge < -0.3 is 18.1 Å². The van der Waals surface area contributed by atoms with Crippen LogP contribution < -0.4 is 0 Å². The number of hydrogen-bond donors (Lipinski definition) is 1. The Labute approximate surface area is 157 Å². The average molecular weight is 421 g/mol. The summed E-state index contributed by atoms with van der Waals surface area (Å²) in [7, 11) is -7.91. The lowest BCUT2D eigenvalue weighted by Crippen LogP contribution is -2.65. The van der Waals surface area contributed by atoms with E-state index >= 15 is 0 Å². The predicted octanol–water partition coefficient (Wildman–Crippen LogP) is 3.18. The van der Waals surface area contributed by atoms with Gasteiger partial charge in [0.15, 0.2) is 16.2 Å². The Morgan fingerprint density at radius 3 is 2.36 bits per heavy atom. The fourth-order valence-electron chi connectivity index (χ4n) is 3.21. The molecule has 9 heteroatoms. The van der Waals surface area contributed by atoms with Crippen LogP contribution in [0.3, 0.4) is 0 Å². The van der Waals surface area contributed by atoms with Crippen molar-refractivity contribution < 1.29 is 22.9 Å². The molecule has 1 N–H and O–H groups in total. The third kappa shape index (κ3) is 6.89. The molecule has 0 radical (unpaired) electrons. The molecule has 1 fully saturated rings. The van der Waals surface area contributed by atoms with Crippen molar-refractivity contribution in [3.63, 3.8) is 0 Å². The van der Waals surface area contributed by atoms with E-state index in [1.165, 1.54) is 0 Å². The summed E-state index contributed by atoms with van der Waals surface area (Å²) in [5.74, 6) is -0.339. The summed E-state index contributed by atoms with van der Waals surface area (Å²) in [6.07, 6.45) is 1.04. The highest BCUT2D eigenvalue weighted by Gasteiger charge is 2.52. The number of ether oxygens (including phenoxy) is 1. The molecule has 0 bridgehead atoms. The topological polar surface area (TPSA) is 65.0 Å². The van der Waals surface area contributed by atoms with Gasteiger partial charge in [0, 0.05) is 5.57 Å². The zero-order chi connectivity index (χ0) is 19.7. The lowest BCUT2D eigenvalue weighted by molar-refractivity contribution is -0.137. The molecule has 2 unspecified atom stereocenters. The van der Waals surface area contributed by atoms with Crippen molar-refractivity contribution in [1.82, 2.24) is 0 Å². The molecule has 0 aromatic carbocycles. The molecule has 0 aromatic heterocycles. The van der Waals surface area contributed by atoms with Crippen LogP contribution in [-0.2, 0) is 18.1 Å². The second-order valence-corrected chi connectivity index (χ2v) is 29.7. The SMILES string of the molecule is CC(=C[Si]1(C)CCC(C)(C)O[Si]1(C)C)C(=O)OC[SiH](O)O[Si](C)(C)C. The number of carbonyl (C=O) groups is 1. The third-order valence-electron chi connectivity index (χ3n) is 4.86. The van der Waals surface area contributed by atoms with Crippen molar-refractivity contribution in [2.75, 3.05) is 6.23 Å². The first-order valence-corrected chi connectivity index (χ1v) is 20.9. The molecular formula is C16H36O5Si4. The van der Waals surface area contributed by atoms with Crippen molar-refractivity contribution in [2.24, 2.45) is 0 Å². The Morgan fingerprint density at radius 1 is 1.32 bits per heavy atom. The van der Waals surface area contributed by atoms with Crippen LogP contribution in [0.15, 0.2) is 11.3 Å². The van der Waals surface area contributed by atoms with E-state index in [0.29, 0.717) is 5.57 Å². The van der Waals surface area contributed by atoms with E-state index in [0.717, 1.165) is 12.5 Å². The minimum absolute atomic E-state index is 0.0108. The highest BCUT2D eigenvalue weighted by Crippen LogP contribution is 2.39. The first-order chi connectivity index (χ1) is 11.1. The fourth-order valence-corrected chi connectivity index (χ4v) is 17.4. The van der Waals surface area contributed by atoms with Crippen LogP contribution in [0.25, 0.3) is 0 Å². The van der Waals surface area contributed by atoms with Gasteiger partial charge in [0.05, 0.1) is 13.2 Å². The molecule has 0 amide bonds. The maximum atomic E-state index is 12.3. The van der Waals surface area contributed by atoms with Crippen LogP contribution >= 0.6 is 0 Å². The van der Waals surface area contributed by atoms with Gasteiger partial charge in [-0.05, 0) is 59.9 Å². The predicted molar refractivity (Wildman–Crippen MR) is 112 cm³/mol. The molecule has 0 aromatic rings. The summed E-state index contributed by atoms with van der Waals surface area (Å²) < 4.78 is 17.4. The number of carbonyl (C=O) groups excluding carboxylic acids is 1. The minimum Gasteiger partial charge on any atom is -0.461 e. The van der Waals surface area contributed by atoms with E-state index in [2.05, 4.69) is 39.2 Å².